The molecule has 0 radical (unpaired) electrons. The van der Waals surface area contributed by atoms with Gasteiger partial charge in [0.2, 0.25) is 0 Å². The van der Waals surface area contributed by atoms with E-state index in [1.54, 1.807) is 36.3 Å². The van der Waals surface area contributed by atoms with Crippen LogP contribution in [0.25, 0.3) is 6.08 Å². The average Bonchev–Trinajstić information content (AvgIpc) is 3.08. The van der Waals surface area contributed by atoms with Gasteiger partial charge in [-0.1, -0.05) is 19.1 Å². The van der Waals surface area contributed by atoms with Crippen LogP contribution in [0.15, 0.2) is 36.7 Å². The van der Waals surface area contributed by atoms with Crippen LogP contribution in [-0.2, 0) is 0 Å². The number of methoxy groups -OCH3 is 1. The number of allylic oxidation sites excluding steroid dienone is 1. The third-order valence-corrected chi connectivity index (χ3v) is 3.49. The van der Waals surface area contributed by atoms with E-state index in [4.69, 9.17) is 9.47 Å². The molecular formula is C19H24N2O3. The molecule has 1 heterocycles. The summed E-state index contributed by atoms with van der Waals surface area (Å²) in [6, 6.07) is 5.84. The Morgan fingerprint density at radius 2 is 2.12 bits per heavy atom. The lowest BCUT2D eigenvalue weighted by atomic mass is 10.1. The second kappa shape index (κ2) is 8.34. The van der Waals surface area contributed by atoms with E-state index in [2.05, 4.69) is 12.0 Å². The van der Waals surface area contributed by atoms with Gasteiger partial charge in [-0.3, -0.25) is 9.48 Å². The molecule has 0 amide bonds. The van der Waals surface area contributed by atoms with Crippen LogP contribution in [0, 0.1) is 0 Å². The molecule has 0 unspecified atom stereocenters. The van der Waals surface area contributed by atoms with Gasteiger partial charge in [0.15, 0.2) is 17.3 Å². The topological polar surface area (TPSA) is 53.3 Å². The second-order valence-electron chi connectivity index (χ2n) is 5.76. The highest BCUT2D eigenvalue weighted by molar-refractivity contribution is 6.06. The van der Waals surface area contributed by atoms with Crippen molar-refractivity contribution < 1.29 is 14.3 Å². The Morgan fingerprint density at radius 1 is 1.33 bits per heavy atom. The number of hydrogen-bond acceptors (Lipinski definition) is 4. The van der Waals surface area contributed by atoms with Gasteiger partial charge in [-0.25, -0.2) is 0 Å². The lowest BCUT2D eigenvalue weighted by molar-refractivity contribution is 0.104. The van der Waals surface area contributed by atoms with Crippen LogP contribution in [0.2, 0.25) is 0 Å². The third-order valence-electron chi connectivity index (χ3n) is 3.49. The number of hydrogen-bond donors (Lipinski definition) is 0. The fourth-order valence-corrected chi connectivity index (χ4v) is 2.13. The molecule has 0 saturated carbocycles. The minimum Gasteiger partial charge on any atom is -0.493 e. The molecule has 0 spiro atoms. The number of carbonyl (C=O) groups is 1. The summed E-state index contributed by atoms with van der Waals surface area (Å²) < 4.78 is 12.7. The molecule has 0 bridgehead atoms. The van der Waals surface area contributed by atoms with Crippen LogP contribution >= 0.6 is 0 Å². The van der Waals surface area contributed by atoms with Crippen molar-refractivity contribution in [2.45, 2.75) is 33.2 Å². The SMILES string of the molecule is CCCOc1ccc(/C=C/C(=O)c2cnn(C(C)C)c2)cc1OC. The lowest BCUT2D eigenvalue weighted by Crippen LogP contribution is -2.00. The van der Waals surface area contributed by atoms with Crippen molar-refractivity contribution >= 4 is 11.9 Å². The molecule has 5 heteroatoms. The predicted molar refractivity (Wildman–Crippen MR) is 94.8 cm³/mol. The number of benzene rings is 1. The summed E-state index contributed by atoms with van der Waals surface area (Å²) in [6.07, 6.45) is 7.60. The highest BCUT2D eigenvalue weighted by atomic mass is 16.5. The third kappa shape index (κ3) is 4.47. The van der Waals surface area contributed by atoms with Gasteiger partial charge in [0, 0.05) is 12.2 Å². The molecule has 0 aliphatic rings. The summed E-state index contributed by atoms with van der Waals surface area (Å²) in [7, 11) is 1.60. The zero-order valence-electron chi connectivity index (χ0n) is 14.7. The Labute approximate surface area is 142 Å². The van der Waals surface area contributed by atoms with Gasteiger partial charge in [0.05, 0.1) is 25.5 Å². The molecule has 24 heavy (non-hydrogen) atoms. The first kappa shape index (κ1) is 17.8. The van der Waals surface area contributed by atoms with Gasteiger partial charge < -0.3 is 9.47 Å². The molecule has 2 aromatic rings. The van der Waals surface area contributed by atoms with Crippen molar-refractivity contribution in [3.05, 3.63) is 47.8 Å². The standard InChI is InChI=1S/C19H24N2O3/c1-5-10-24-18-9-7-15(11-19(18)23-4)6-8-17(22)16-12-20-21(13-16)14(2)3/h6-9,11-14H,5,10H2,1-4H3/b8-6+. The van der Waals surface area contributed by atoms with Crippen molar-refractivity contribution in [2.75, 3.05) is 13.7 Å². The van der Waals surface area contributed by atoms with Crippen molar-refractivity contribution in [1.82, 2.24) is 9.78 Å². The van der Waals surface area contributed by atoms with Gasteiger partial charge in [-0.15, -0.1) is 0 Å². The maximum absolute atomic E-state index is 12.2. The van der Waals surface area contributed by atoms with Gasteiger partial charge in [-0.05, 0) is 44.0 Å². The fourth-order valence-electron chi connectivity index (χ4n) is 2.13. The maximum atomic E-state index is 12.2. The van der Waals surface area contributed by atoms with Crippen molar-refractivity contribution in [1.29, 1.82) is 0 Å². The molecule has 0 aliphatic heterocycles. The van der Waals surface area contributed by atoms with Crippen LogP contribution in [-0.4, -0.2) is 29.3 Å². The maximum Gasteiger partial charge on any atom is 0.189 e. The van der Waals surface area contributed by atoms with Gasteiger partial charge in [0.25, 0.3) is 0 Å². The van der Waals surface area contributed by atoms with Crippen LogP contribution in [0.1, 0.15) is 49.2 Å². The first-order valence-electron chi connectivity index (χ1n) is 8.12. The molecule has 0 N–H and O–H groups in total. The van der Waals surface area contributed by atoms with E-state index >= 15 is 0 Å². The first-order chi connectivity index (χ1) is 11.5. The highest BCUT2D eigenvalue weighted by Crippen LogP contribution is 2.28. The van der Waals surface area contributed by atoms with Crippen molar-refractivity contribution in [3.63, 3.8) is 0 Å². The second-order valence-corrected chi connectivity index (χ2v) is 5.76. The molecule has 1 aromatic heterocycles. The number of ether oxygens (including phenoxy) is 2. The number of carbonyl (C=O) groups excluding carboxylic acids is 1. The molecule has 0 fully saturated rings. The zero-order valence-corrected chi connectivity index (χ0v) is 14.7. The van der Waals surface area contributed by atoms with Crippen LogP contribution in [0.4, 0.5) is 0 Å². The molecule has 128 valence electrons. The summed E-state index contributed by atoms with van der Waals surface area (Å²) in [4.78, 5) is 12.2. The van der Waals surface area contributed by atoms with Gasteiger partial charge in [-0.2, -0.15) is 5.10 Å². The molecular weight excluding hydrogens is 304 g/mol. The summed E-state index contributed by atoms with van der Waals surface area (Å²) in [6.45, 7) is 6.73. The van der Waals surface area contributed by atoms with E-state index in [1.807, 2.05) is 32.0 Å². The monoisotopic (exact) mass is 328 g/mol. The van der Waals surface area contributed by atoms with E-state index < -0.39 is 0 Å². The number of rotatable bonds is 8. The van der Waals surface area contributed by atoms with E-state index in [1.165, 1.54) is 0 Å². The number of nitrogens with zero attached hydrogens (tertiary/aromatic N) is 2. The Balaban J connectivity index is 2.11. The van der Waals surface area contributed by atoms with Crippen molar-refractivity contribution in [3.8, 4) is 11.5 Å². The van der Waals surface area contributed by atoms with Gasteiger partial charge in [0.1, 0.15) is 0 Å². The normalized spacial score (nSPS) is 11.2. The Kier molecular flexibility index (Phi) is 6.18. The quantitative estimate of drug-likeness (QED) is 0.539. The zero-order chi connectivity index (χ0) is 17.5. The molecule has 0 atom stereocenters. The summed E-state index contributed by atoms with van der Waals surface area (Å²) in [5.74, 6) is 1.29. The number of ketones is 1. The van der Waals surface area contributed by atoms with Crippen LogP contribution < -0.4 is 9.47 Å². The van der Waals surface area contributed by atoms with Crippen LogP contribution in [0.5, 0.6) is 11.5 Å². The van der Waals surface area contributed by atoms with E-state index in [9.17, 15) is 4.79 Å². The molecule has 0 aliphatic carbocycles. The smallest absolute Gasteiger partial charge is 0.189 e. The minimum absolute atomic E-state index is 0.0767. The Bertz CT molecular complexity index is 717. The van der Waals surface area contributed by atoms with E-state index in [-0.39, 0.29) is 11.8 Å². The van der Waals surface area contributed by atoms with Crippen LogP contribution in [0.3, 0.4) is 0 Å². The fraction of sp³-hybridized carbons (Fsp3) is 0.368. The molecule has 0 saturated heterocycles. The minimum atomic E-state index is -0.0767. The molecule has 2 rings (SSSR count). The molecule has 1 aromatic carbocycles. The Morgan fingerprint density at radius 3 is 2.75 bits per heavy atom. The van der Waals surface area contributed by atoms with Gasteiger partial charge >= 0.3 is 0 Å². The van der Waals surface area contributed by atoms with E-state index in [0.717, 1.165) is 12.0 Å². The predicted octanol–water partition coefficient (Wildman–Crippen LogP) is 4.16. The van der Waals surface area contributed by atoms with E-state index in [0.29, 0.717) is 23.7 Å². The summed E-state index contributed by atoms with van der Waals surface area (Å²) in [5, 5.41) is 4.18. The molecule has 5 nitrogen and oxygen atoms in total. The lowest BCUT2D eigenvalue weighted by Gasteiger charge is -2.10. The largest absolute Gasteiger partial charge is 0.493 e. The highest BCUT2D eigenvalue weighted by Gasteiger charge is 2.08. The summed E-state index contributed by atoms with van der Waals surface area (Å²) in [5.41, 5.74) is 1.45. The first-order valence-corrected chi connectivity index (χ1v) is 8.12. The summed E-state index contributed by atoms with van der Waals surface area (Å²) >= 11 is 0. The number of aromatic nitrogens is 2. The average molecular weight is 328 g/mol. The van der Waals surface area contributed by atoms with Crippen molar-refractivity contribution in [2.24, 2.45) is 0 Å². The Hall–Kier alpha value is -2.56.